The summed E-state index contributed by atoms with van der Waals surface area (Å²) >= 11 is 5.16. The molecule has 4 nitrogen and oxygen atoms in total. The van der Waals surface area contributed by atoms with Crippen LogP contribution in [0.1, 0.15) is 19.8 Å². The van der Waals surface area contributed by atoms with Crippen LogP contribution in [0.2, 0.25) is 0 Å². The van der Waals surface area contributed by atoms with Gasteiger partial charge >= 0.3 is 0 Å². The average molecular weight is 239 g/mol. The van der Waals surface area contributed by atoms with Gasteiger partial charge in [0.15, 0.2) is 0 Å². The Morgan fingerprint density at radius 3 is 2.07 bits per heavy atom. The molecule has 0 aliphatic heterocycles. The zero-order chi connectivity index (χ0) is 11.4. The van der Waals surface area contributed by atoms with E-state index >= 15 is 0 Å². The van der Waals surface area contributed by atoms with Crippen LogP contribution < -0.4 is 0 Å². The molecule has 0 radical (unpaired) electrons. The standard InChI is InChI=1S/C10H19ClO4/c1-2-13-6-7-15-9-8-14-5-3-4-10(11)12/h2-9H2,1H3. The predicted molar refractivity (Wildman–Crippen MR) is 58.2 cm³/mol. The van der Waals surface area contributed by atoms with Crippen molar-refractivity contribution in [2.45, 2.75) is 19.8 Å². The minimum atomic E-state index is -0.313. The molecule has 0 fully saturated rings. The Hall–Kier alpha value is -0.160. The van der Waals surface area contributed by atoms with Crippen molar-refractivity contribution in [3.8, 4) is 0 Å². The van der Waals surface area contributed by atoms with Gasteiger partial charge in [0.1, 0.15) is 0 Å². The zero-order valence-electron chi connectivity index (χ0n) is 9.17. The highest BCUT2D eigenvalue weighted by molar-refractivity contribution is 6.63. The van der Waals surface area contributed by atoms with E-state index in [1.54, 1.807) is 0 Å². The second-order valence-electron chi connectivity index (χ2n) is 2.88. The van der Waals surface area contributed by atoms with E-state index in [2.05, 4.69) is 0 Å². The summed E-state index contributed by atoms with van der Waals surface area (Å²) in [6.45, 7) is 5.53. The molecule has 0 amide bonds. The lowest BCUT2D eigenvalue weighted by molar-refractivity contribution is -0.112. The first-order valence-corrected chi connectivity index (χ1v) is 5.56. The van der Waals surface area contributed by atoms with Crippen molar-refractivity contribution in [2.24, 2.45) is 0 Å². The van der Waals surface area contributed by atoms with Gasteiger partial charge in [0, 0.05) is 19.6 Å². The Balaban J connectivity index is 2.89. The molecule has 0 N–H and O–H groups in total. The molecule has 0 heterocycles. The van der Waals surface area contributed by atoms with Crippen LogP contribution >= 0.6 is 11.6 Å². The molecule has 90 valence electrons. The summed E-state index contributed by atoms with van der Waals surface area (Å²) in [6.07, 6.45) is 1.04. The number of rotatable bonds is 11. The number of carbonyl (C=O) groups is 1. The molecule has 0 unspecified atom stereocenters. The van der Waals surface area contributed by atoms with Crippen LogP contribution in [0.3, 0.4) is 0 Å². The van der Waals surface area contributed by atoms with Crippen molar-refractivity contribution in [1.29, 1.82) is 0 Å². The van der Waals surface area contributed by atoms with E-state index in [1.807, 2.05) is 6.92 Å². The SMILES string of the molecule is CCOCCOCCOCCCC(=O)Cl. The molecule has 0 saturated carbocycles. The van der Waals surface area contributed by atoms with Gasteiger partial charge in [-0.25, -0.2) is 0 Å². The van der Waals surface area contributed by atoms with Crippen molar-refractivity contribution >= 4 is 16.8 Å². The normalized spacial score (nSPS) is 10.5. The van der Waals surface area contributed by atoms with Crippen LogP contribution in [0, 0.1) is 0 Å². The fourth-order valence-electron chi connectivity index (χ4n) is 0.897. The Bertz CT molecular complexity index is 152. The van der Waals surface area contributed by atoms with Crippen molar-refractivity contribution in [2.75, 3.05) is 39.6 Å². The van der Waals surface area contributed by atoms with Gasteiger partial charge in [0.2, 0.25) is 5.24 Å². The Labute approximate surface area is 95.8 Å². The molecule has 0 rings (SSSR count). The number of hydrogen-bond donors (Lipinski definition) is 0. The molecule has 0 aromatic carbocycles. The molecule has 0 saturated heterocycles. The van der Waals surface area contributed by atoms with E-state index in [0.717, 1.165) is 0 Å². The van der Waals surface area contributed by atoms with Gasteiger partial charge in [0.25, 0.3) is 0 Å². The van der Waals surface area contributed by atoms with Crippen LogP contribution in [-0.2, 0) is 19.0 Å². The summed E-state index contributed by atoms with van der Waals surface area (Å²) in [5.74, 6) is 0. The molecule has 0 aromatic heterocycles. The van der Waals surface area contributed by atoms with E-state index in [1.165, 1.54) is 0 Å². The van der Waals surface area contributed by atoms with E-state index in [0.29, 0.717) is 52.5 Å². The molecule has 0 spiro atoms. The first-order valence-electron chi connectivity index (χ1n) is 5.19. The maximum atomic E-state index is 10.4. The van der Waals surface area contributed by atoms with Crippen LogP contribution in [0.15, 0.2) is 0 Å². The summed E-state index contributed by atoms with van der Waals surface area (Å²) in [5, 5.41) is -0.313. The number of carbonyl (C=O) groups excluding carboxylic acids is 1. The molecule has 0 aliphatic rings. The highest BCUT2D eigenvalue weighted by atomic mass is 35.5. The van der Waals surface area contributed by atoms with E-state index in [9.17, 15) is 4.79 Å². The van der Waals surface area contributed by atoms with Gasteiger partial charge in [-0.2, -0.15) is 0 Å². The third kappa shape index (κ3) is 13.8. The summed E-state index contributed by atoms with van der Waals surface area (Å²) in [6, 6.07) is 0. The lowest BCUT2D eigenvalue weighted by Gasteiger charge is -2.05. The number of hydrogen-bond acceptors (Lipinski definition) is 4. The molecule has 0 aromatic rings. The molecule has 15 heavy (non-hydrogen) atoms. The topological polar surface area (TPSA) is 44.8 Å². The molecule has 0 atom stereocenters. The van der Waals surface area contributed by atoms with Crippen LogP contribution in [-0.4, -0.2) is 44.9 Å². The number of ether oxygens (including phenoxy) is 3. The van der Waals surface area contributed by atoms with Crippen molar-refractivity contribution < 1.29 is 19.0 Å². The minimum Gasteiger partial charge on any atom is -0.379 e. The van der Waals surface area contributed by atoms with Crippen LogP contribution in [0.5, 0.6) is 0 Å². The quantitative estimate of drug-likeness (QED) is 0.405. The zero-order valence-corrected chi connectivity index (χ0v) is 9.92. The second kappa shape index (κ2) is 11.9. The summed E-state index contributed by atoms with van der Waals surface area (Å²) in [5.41, 5.74) is 0. The van der Waals surface area contributed by atoms with Gasteiger partial charge in [-0.1, -0.05) is 0 Å². The van der Waals surface area contributed by atoms with Crippen molar-refractivity contribution in [1.82, 2.24) is 0 Å². The molecular weight excluding hydrogens is 220 g/mol. The first-order chi connectivity index (χ1) is 7.27. The van der Waals surface area contributed by atoms with E-state index in [4.69, 9.17) is 25.8 Å². The molecular formula is C10H19ClO4. The van der Waals surface area contributed by atoms with E-state index < -0.39 is 0 Å². The Morgan fingerprint density at radius 2 is 1.53 bits per heavy atom. The van der Waals surface area contributed by atoms with Gasteiger partial charge in [-0.05, 0) is 24.9 Å². The lowest BCUT2D eigenvalue weighted by Crippen LogP contribution is -2.09. The fourth-order valence-corrected chi connectivity index (χ4v) is 1.03. The maximum Gasteiger partial charge on any atom is 0.221 e. The van der Waals surface area contributed by atoms with Crippen LogP contribution in [0.25, 0.3) is 0 Å². The van der Waals surface area contributed by atoms with Gasteiger partial charge < -0.3 is 14.2 Å². The molecule has 5 heteroatoms. The summed E-state index contributed by atoms with van der Waals surface area (Å²) < 4.78 is 15.5. The summed E-state index contributed by atoms with van der Waals surface area (Å²) in [7, 11) is 0. The van der Waals surface area contributed by atoms with Gasteiger partial charge in [0.05, 0.1) is 26.4 Å². The minimum absolute atomic E-state index is 0.313. The van der Waals surface area contributed by atoms with Crippen molar-refractivity contribution in [3.63, 3.8) is 0 Å². The van der Waals surface area contributed by atoms with E-state index in [-0.39, 0.29) is 5.24 Å². The molecule has 0 bridgehead atoms. The Morgan fingerprint density at radius 1 is 1.00 bits per heavy atom. The first kappa shape index (κ1) is 14.8. The third-order valence-electron chi connectivity index (χ3n) is 1.61. The number of halogens is 1. The smallest absolute Gasteiger partial charge is 0.221 e. The average Bonchev–Trinajstić information content (AvgIpc) is 2.20. The molecule has 0 aliphatic carbocycles. The largest absolute Gasteiger partial charge is 0.379 e. The van der Waals surface area contributed by atoms with Crippen LogP contribution in [0.4, 0.5) is 0 Å². The monoisotopic (exact) mass is 238 g/mol. The fraction of sp³-hybridized carbons (Fsp3) is 0.900. The van der Waals surface area contributed by atoms with Gasteiger partial charge in [-0.15, -0.1) is 0 Å². The summed E-state index contributed by atoms with van der Waals surface area (Å²) in [4.78, 5) is 10.4. The predicted octanol–water partition coefficient (Wildman–Crippen LogP) is 1.60. The highest BCUT2D eigenvalue weighted by Gasteiger charge is 1.95. The van der Waals surface area contributed by atoms with Gasteiger partial charge in [-0.3, -0.25) is 4.79 Å². The third-order valence-corrected chi connectivity index (χ3v) is 1.80. The maximum absolute atomic E-state index is 10.4. The lowest BCUT2D eigenvalue weighted by atomic mass is 10.3. The highest BCUT2D eigenvalue weighted by Crippen LogP contribution is 1.94. The second-order valence-corrected chi connectivity index (χ2v) is 3.30. The Kier molecular flexibility index (Phi) is 11.8. The van der Waals surface area contributed by atoms with Crippen molar-refractivity contribution in [3.05, 3.63) is 0 Å².